The van der Waals surface area contributed by atoms with Gasteiger partial charge in [-0.2, -0.15) is 13.2 Å². The van der Waals surface area contributed by atoms with Crippen molar-refractivity contribution in [2.45, 2.75) is 25.4 Å². The van der Waals surface area contributed by atoms with E-state index in [1.807, 2.05) is 0 Å². The van der Waals surface area contributed by atoms with Crippen LogP contribution in [-0.2, 0) is 9.59 Å². The van der Waals surface area contributed by atoms with E-state index in [1.54, 1.807) is 24.3 Å². The molecule has 2 amide bonds. The second-order valence-electron chi connectivity index (χ2n) is 5.76. The summed E-state index contributed by atoms with van der Waals surface area (Å²) in [7, 11) is 1.30. The summed E-state index contributed by atoms with van der Waals surface area (Å²) in [5.74, 6) is -0.165. The van der Waals surface area contributed by atoms with E-state index >= 15 is 0 Å². The van der Waals surface area contributed by atoms with Crippen LogP contribution in [0.4, 0.5) is 18.9 Å². The molecule has 0 aliphatic heterocycles. The lowest BCUT2D eigenvalue weighted by Gasteiger charge is -2.18. The number of ether oxygens (including phenoxy) is 1. The van der Waals surface area contributed by atoms with Crippen LogP contribution in [0.15, 0.2) is 24.3 Å². The van der Waals surface area contributed by atoms with Gasteiger partial charge in [0.1, 0.15) is 5.75 Å². The number of carbonyl (C=O) groups excluding carboxylic acids is 2. The van der Waals surface area contributed by atoms with Crippen molar-refractivity contribution in [3.05, 3.63) is 24.3 Å². The van der Waals surface area contributed by atoms with Crippen LogP contribution in [0.25, 0.3) is 0 Å². The first-order valence-corrected chi connectivity index (χ1v) is 7.59. The van der Waals surface area contributed by atoms with Crippen molar-refractivity contribution in [2.75, 3.05) is 25.5 Å². The first-order chi connectivity index (χ1) is 11.2. The Morgan fingerprint density at radius 1 is 1.33 bits per heavy atom. The standard InChI is InChI=1S/C16H19F3N2O3/c1-21(8-7-16(17,18)19)14(22)10-24-13-4-2-3-12(9-13)20-15(23)11-5-6-11/h2-4,9,11H,5-8,10H2,1H3,(H,20,23). The number of alkyl halides is 3. The van der Waals surface area contributed by atoms with E-state index in [4.69, 9.17) is 4.74 Å². The van der Waals surface area contributed by atoms with E-state index in [0.717, 1.165) is 17.7 Å². The molecule has 2 rings (SSSR count). The summed E-state index contributed by atoms with van der Waals surface area (Å²) in [6.07, 6.45) is -3.58. The molecule has 24 heavy (non-hydrogen) atoms. The molecule has 0 saturated heterocycles. The van der Waals surface area contributed by atoms with E-state index in [1.165, 1.54) is 7.05 Å². The van der Waals surface area contributed by atoms with Gasteiger partial charge < -0.3 is 15.0 Å². The molecule has 1 N–H and O–H groups in total. The Bertz CT molecular complexity index is 600. The van der Waals surface area contributed by atoms with Crippen LogP contribution in [0.5, 0.6) is 5.75 Å². The molecule has 1 aromatic carbocycles. The maximum atomic E-state index is 12.1. The molecule has 0 atom stereocenters. The normalized spacial score (nSPS) is 14.2. The predicted molar refractivity (Wildman–Crippen MR) is 81.6 cm³/mol. The SMILES string of the molecule is CN(CCC(F)(F)F)C(=O)COc1cccc(NC(=O)C2CC2)c1. The van der Waals surface area contributed by atoms with E-state index in [0.29, 0.717) is 11.4 Å². The molecule has 0 spiro atoms. The van der Waals surface area contributed by atoms with Gasteiger partial charge in [-0.05, 0) is 25.0 Å². The monoisotopic (exact) mass is 344 g/mol. The summed E-state index contributed by atoms with van der Waals surface area (Å²) in [6, 6.07) is 6.54. The molecule has 0 aromatic heterocycles. The maximum Gasteiger partial charge on any atom is 0.390 e. The third kappa shape index (κ3) is 6.10. The van der Waals surface area contributed by atoms with Crippen molar-refractivity contribution in [3.8, 4) is 5.75 Å². The second-order valence-corrected chi connectivity index (χ2v) is 5.76. The lowest BCUT2D eigenvalue weighted by atomic mass is 10.3. The molecule has 1 aliphatic rings. The smallest absolute Gasteiger partial charge is 0.390 e. The highest BCUT2D eigenvalue weighted by Crippen LogP contribution is 2.30. The van der Waals surface area contributed by atoms with Crippen LogP contribution in [0.2, 0.25) is 0 Å². The van der Waals surface area contributed by atoms with Crippen molar-refractivity contribution in [1.82, 2.24) is 4.90 Å². The Balaban J connectivity index is 1.80. The molecule has 132 valence electrons. The quantitative estimate of drug-likeness (QED) is 0.827. The fraction of sp³-hybridized carbons (Fsp3) is 0.500. The van der Waals surface area contributed by atoms with Crippen molar-refractivity contribution < 1.29 is 27.5 Å². The molecule has 0 radical (unpaired) electrons. The zero-order valence-electron chi connectivity index (χ0n) is 13.2. The number of hydrogen-bond donors (Lipinski definition) is 1. The van der Waals surface area contributed by atoms with Gasteiger partial charge in [0, 0.05) is 31.3 Å². The topological polar surface area (TPSA) is 58.6 Å². The third-order valence-electron chi connectivity index (χ3n) is 3.57. The molecule has 0 bridgehead atoms. The highest BCUT2D eigenvalue weighted by molar-refractivity contribution is 5.94. The summed E-state index contributed by atoms with van der Waals surface area (Å²) < 4.78 is 41.7. The molecule has 1 fully saturated rings. The van der Waals surface area contributed by atoms with E-state index < -0.39 is 25.0 Å². The molecule has 8 heteroatoms. The van der Waals surface area contributed by atoms with Gasteiger partial charge in [-0.25, -0.2) is 0 Å². The van der Waals surface area contributed by atoms with E-state index in [2.05, 4.69) is 5.32 Å². The van der Waals surface area contributed by atoms with Crippen LogP contribution < -0.4 is 10.1 Å². The number of nitrogens with one attached hydrogen (secondary N) is 1. The number of carbonyl (C=O) groups is 2. The molecule has 0 unspecified atom stereocenters. The van der Waals surface area contributed by atoms with Gasteiger partial charge in [-0.3, -0.25) is 9.59 Å². The lowest BCUT2D eigenvalue weighted by molar-refractivity contribution is -0.145. The molecular formula is C16H19F3N2O3. The van der Waals surface area contributed by atoms with Crippen LogP contribution in [0.1, 0.15) is 19.3 Å². The number of likely N-dealkylation sites (N-methyl/N-ethyl adjacent to an activating group) is 1. The van der Waals surface area contributed by atoms with Gasteiger partial charge in [-0.15, -0.1) is 0 Å². The van der Waals surface area contributed by atoms with Crippen molar-refractivity contribution in [1.29, 1.82) is 0 Å². The fourth-order valence-electron chi connectivity index (χ4n) is 1.93. The van der Waals surface area contributed by atoms with Gasteiger partial charge in [-0.1, -0.05) is 6.07 Å². The van der Waals surface area contributed by atoms with Crippen molar-refractivity contribution in [2.24, 2.45) is 5.92 Å². The minimum atomic E-state index is -4.30. The Hall–Kier alpha value is -2.25. The Kier molecular flexibility index (Phi) is 5.69. The zero-order valence-corrected chi connectivity index (χ0v) is 13.2. The molecule has 0 heterocycles. The summed E-state index contributed by atoms with van der Waals surface area (Å²) in [5.41, 5.74) is 0.558. The molecule has 5 nitrogen and oxygen atoms in total. The van der Waals surface area contributed by atoms with Gasteiger partial charge in [0.25, 0.3) is 5.91 Å². The maximum absolute atomic E-state index is 12.1. The fourth-order valence-corrected chi connectivity index (χ4v) is 1.93. The number of hydrogen-bond acceptors (Lipinski definition) is 3. The van der Waals surface area contributed by atoms with Gasteiger partial charge >= 0.3 is 6.18 Å². The number of amides is 2. The second kappa shape index (κ2) is 7.55. The number of benzene rings is 1. The highest BCUT2D eigenvalue weighted by Gasteiger charge is 2.29. The molecule has 1 saturated carbocycles. The van der Waals surface area contributed by atoms with Crippen LogP contribution >= 0.6 is 0 Å². The Morgan fingerprint density at radius 2 is 2.04 bits per heavy atom. The summed E-state index contributed by atoms with van der Waals surface area (Å²) in [4.78, 5) is 24.4. The van der Waals surface area contributed by atoms with E-state index in [9.17, 15) is 22.8 Å². The van der Waals surface area contributed by atoms with Gasteiger partial charge in [0.15, 0.2) is 6.61 Å². The minimum Gasteiger partial charge on any atom is -0.484 e. The van der Waals surface area contributed by atoms with Crippen molar-refractivity contribution >= 4 is 17.5 Å². The average molecular weight is 344 g/mol. The minimum absolute atomic E-state index is 0.0462. The van der Waals surface area contributed by atoms with Crippen molar-refractivity contribution in [3.63, 3.8) is 0 Å². The molecular weight excluding hydrogens is 325 g/mol. The largest absolute Gasteiger partial charge is 0.484 e. The number of anilines is 1. The number of nitrogens with zero attached hydrogens (tertiary/aromatic N) is 1. The number of halogens is 3. The Morgan fingerprint density at radius 3 is 2.67 bits per heavy atom. The van der Waals surface area contributed by atoms with E-state index in [-0.39, 0.29) is 18.4 Å². The molecule has 1 aliphatic carbocycles. The average Bonchev–Trinajstić information content (AvgIpc) is 3.34. The first-order valence-electron chi connectivity index (χ1n) is 7.59. The highest BCUT2D eigenvalue weighted by atomic mass is 19.4. The van der Waals surface area contributed by atoms with Crippen LogP contribution in [0, 0.1) is 5.92 Å². The van der Waals surface area contributed by atoms with Gasteiger partial charge in [0.2, 0.25) is 5.91 Å². The van der Waals surface area contributed by atoms with Gasteiger partial charge in [0.05, 0.1) is 6.42 Å². The van der Waals surface area contributed by atoms with Crippen LogP contribution in [0.3, 0.4) is 0 Å². The molecule has 1 aromatic rings. The summed E-state index contributed by atoms with van der Waals surface area (Å²) in [5, 5.41) is 2.75. The predicted octanol–water partition coefficient (Wildman–Crippen LogP) is 2.82. The van der Waals surface area contributed by atoms with Crippen LogP contribution in [-0.4, -0.2) is 43.1 Å². The third-order valence-corrected chi connectivity index (χ3v) is 3.57. The first kappa shape index (κ1) is 18.1. The summed E-state index contributed by atoms with van der Waals surface area (Å²) >= 11 is 0. The summed E-state index contributed by atoms with van der Waals surface area (Å²) in [6.45, 7) is -0.780. The number of rotatable bonds is 7. The zero-order chi connectivity index (χ0) is 17.7. The Labute approximate surface area is 137 Å². The lowest BCUT2D eigenvalue weighted by Crippen LogP contribution is -2.34.